The number of carbonyl (C=O) groups excluding carboxylic acids is 2. The van der Waals surface area contributed by atoms with E-state index < -0.39 is 41.8 Å². The maximum Gasteiger partial charge on any atom is 0.352 e. The summed E-state index contributed by atoms with van der Waals surface area (Å²) in [6.07, 6.45) is 2.64. The van der Waals surface area contributed by atoms with Crippen molar-refractivity contribution in [2.24, 2.45) is 5.16 Å². The number of aliphatic carboxylic acids is 2. The Morgan fingerprint density at radius 2 is 2.20 bits per heavy atom. The molecule has 0 bridgehead atoms. The van der Waals surface area contributed by atoms with E-state index in [0.29, 0.717) is 11.3 Å². The zero-order valence-electron chi connectivity index (χ0n) is 15.1. The van der Waals surface area contributed by atoms with Gasteiger partial charge in [0.25, 0.3) is 11.8 Å². The first-order valence-corrected chi connectivity index (χ1v) is 10.1. The predicted octanol–water partition coefficient (Wildman–Crippen LogP) is -0.545. The molecule has 1 aromatic rings. The number of carbonyl (C=O) groups is 4. The van der Waals surface area contributed by atoms with Gasteiger partial charge in [-0.1, -0.05) is 29.1 Å². The van der Waals surface area contributed by atoms with Crippen LogP contribution in [0.25, 0.3) is 0 Å². The summed E-state index contributed by atoms with van der Waals surface area (Å²) >= 11 is 2.19. The Labute approximate surface area is 177 Å². The molecular weight excluding hydrogens is 438 g/mol. The van der Waals surface area contributed by atoms with Crippen LogP contribution < -0.4 is 11.1 Å². The average Bonchev–Trinajstić information content (AvgIpc) is 3.13. The van der Waals surface area contributed by atoms with Crippen molar-refractivity contribution in [2.45, 2.75) is 11.4 Å². The summed E-state index contributed by atoms with van der Waals surface area (Å²) in [6.45, 7) is 2.78. The molecule has 2 aliphatic heterocycles. The number of anilines is 1. The molecular formula is C16H15N5O7S2. The first-order valence-electron chi connectivity index (χ1n) is 8.22. The Bertz CT molecular complexity index is 1000. The van der Waals surface area contributed by atoms with Gasteiger partial charge >= 0.3 is 11.9 Å². The van der Waals surface area contributed by atoms with Crippen LogP contribution >= 0.6 is 23.1 Å². The van der Waals surface area contributed by atoms with Crippen LogP contribution in [0.5, 0.6) is 0 Å². The topological polar surface area (TPSA) is 185 Å². The molecule has 0 aromatic carbocycles. The van der Waals surface area contributed by atoms with Crippen LogP contribution in [-0.2, 0) is 24.0 Å². The number of allylic oxidation sites excluding steroid dienone is 1. The minimum atomic E-state index is -1.29. The van der Waals surface area contributed by atoms with Crippen LogP contribution in [0.15, 0.2) is 35.3 Å². The molecule has 158 valence electrons. The van der Waals surface area contributed by atoms with Gasteiger partial charge in [0.1, 0.15) is 17.1 Å². The zero-order chi connectivity index (χ0) is 22.0. The number of nitrogens with one attached hydrogen (secondary N) is 1. The van der Waals surface area contributed by atoms with Crippen LogP contribution in [0.4, 0.5) is 5.13 Å². The second-order valence-electron chi connectivity index (χ2n) is 5.91. The number of hydrogen-bond acceptors (Lipinski definition) is 10. The maximum absolute atomic E-state index is 12.7. The number of amides is 2. The van der Waals surface area contributed by atoms with E-state index in [4.69, 9.17) is 10.8 Å². The molecule has 2 amide bonds. The number of rotatable bonds is 8. The third-order valence-electron chi connectivity index (χ3n) is 4.05. The van der Waals surface area contributed by atoms with E-state index >= 15 is 0 Å². The van der Waals surface area contributed by atoms with Crippen molar-refractivity contribution in [3.05, 3.63) is 35.0 Å². The number of aromatic nitrogens is 1. The van der Waals surface area contributed by atoms with Crippen LogP contribution in [0.2, 0.25) is 0 Å². The lowest BCUT2D eigenvalue weighted by Crippen LogP contribution is -2.71. The summed E-state index contributed by atoms with van der Waals surface area (Å²) in [5.41, 5.74) is 5.50. The second kappa shape index (κ2) is 8.54. The molecule has 1 saturated heterocycles. The fourth-order valence-electron chi connectivity index (χ4n) is 2.76. The molecule has 2 unspecified atom stereocenters. The number of nitrogens with zero attached hydrogens (tertiary/aromatic N) is 3. The molecule has 0 saturated carbocycles. The Balaban J connectivity index is 1.79. The van der Waals surface area contributed by atoms with Gasteiger partial charge in [-0.15, -0.1) is 11.8 Å². The number of thiazole rings is 1. The number of hydrogen-bond donors (Lipinski definition) is 4. The molecule has 0 aliphatic carbocycles. The first-order chi connectivity index (χ1) is 14.2. The van der Waals surface area contributed by atoms with E-state index in [2.05, 4.69) is 26.9 Å². The lowest BCUT2D eigenvalue weighted by atomic mass is 10.0. The first kappa shape index (κ1) is 21.3. The molecule has 5 N–H and O–H groups in total. The molecule has 0 spiro atoms. The van der Waals surface area contributed by atoms with Crippen molar-refractivity contribution in [3.63, 3.8) is 0 Å². The predicted molar refractivity (Wildman–Crippen MR) is 107 cm³/mol. The molecule has 2 aliphatic rings. The minimum Gasteiger partial charge on any atom is -0.479 e. The lowest BCUT2D eigenvalue weighted by Gasteiger charge is -2.49. The third kappa shape index (κ3) is 3.99. The summed E-state index contributed by atoms with van der Waals surface area (Å²) in [5.74, 6) is -3.68. The van der Waals surface area contributed by atoms with E-state index in [1.165, 1.54) is 24.0 Å². The highest BCUT2D eigenvalue weighted by molar-refractivity contribution is 8.00. The fourth-order valence-corrected chi connectivity index (χ4v) is 4.76. The number of thioether (sulfide) groups is 1. The number of carboxylic acid groups (broad SMARTS) is 2. The highest BCUT2D eigenvalue weighted by Crippen LogP contribution is 2.40. The SMILES string of the molecule is C=CC1=C(C(=O)O)N2C(=O)C(NC(=O)C(=NOCC(=O)O)c3cnc(N)s3)C2SC1. The van der Waals surface area contributed by atoms with Gasteiger partial charge in [-0.3, -0.25) is 14.5 Å². The summed E-state index contributed by atoms with van der Waals surface area (Å²) in [6, 6.07) is -1.00. The van der Waals surface area contributed by atoms with Gasteiger partial charge in [0.2, 0.25) is 6.61 Å². The van der Waals surface area contributed by atoms with E-state index in [1.807, 2.05) is 0 Å². The van der Waals surface area contributed by atoms with E-state index in [9.17, 15) is 24.3 Å². The fraction of sp³-hybridized carbons (Fsp3) is 0.250. The van der Waals surface area contributed by atoms with Crippen LogP contribution in [0, 0.1) is 0 Å². The van der Waals surface area contributed by atoms with Crippen LogP contribution in [0.3, 0.4) is 0 Å². The molecule has 2 atom stereocenters. The number of β-lactam (4-membered cyclic amide) rings is 1. The maximum atomic E-state index is 12.7. The molecule has 1 fully saturated rings. The third-order valence-corrected chi connectivity index (χ3v) is 6.18. The molecule has 3 heterocycles. The van der Waals surface area contributed by atoms with Crippen molar-refractivity contribution in [1.29, 1.82) is 0 Å². The van der Waals surface area contributed by atoms with Gasteiger partial charge in [-0.05, 0) is 5.57 Å². The average molecular weight is 453 g/mol. The smallest absolute Gasteiger partial charge is 0.352 e. The highest BCUT2D eigenvalue weighted by atomic mass is 32.2. The summed E-state index contributed by atoms with van der Waals surface area (Å²) in [7, 11) is 0. The minimum absolute atomic E-state index is 0.144. The standard InChI is InChI=1S/C16H15N5O7S2/c1-2-6-5-29-14-10(13(25)21(14)11(6)15(26)27)19-12(24)9(20-28-4-8(22)23)7-3-18-16(17)30-7/h2-3,10,14H,1,4-5H2,(H2,17,18)(H,19,24)(H,22,23)(H,26,27). The summed E-state index contributed by atoms with van der Waals surface area (Å²) < 4.78 is 0. The monoisotopic (exact) mass is 453 g/mol. The van der Waals surface area contributed by atoms with Gasteiger partial charge in [0.05, 0.1) is 4.88 Å². The van der Waals surface area contributed by atoms with Gasteiger partial charge in [0, 0.05) is 11.9 Å². The van der Waals surface area contributed by atoms with E-state index in [-0.39, 0.29) is 21.4 Å². The summed E-state index contributed by atoms with van der Waals surface area (Å²) in [5, 5.41) is 23.7. The number of oxime groups is 1. The van der Waals surface area contributed by atoms with Crippen molar-refractivity contribution in [3.8, 4) is 0 Å². The van der Waals surface area contributed by atoms with Crippen molar-refractivity contribution >= 4 is 57.7 Å². The Morgan fingerprint density at radius 3 is 2.77 bits per heavy atom. The molecule has 12 nitrogen and oxygen atoms in total. The second-order valence-corrected chi connectivity index (χ2v) is 8.08. The van der Waals surface area contributed by atoms with Crippen LogP contribution in [-0.4, -0.2) is 73.3 Å². The van der Waals surface area contributed by atoms with E-state index in [1.54, 1.807) is 0 Å². The quantitative estimate of drug-likeness (QED) is 0.226. The highest BCUT2D eigenvalue weighted by Gasteiger charge is 2.54. The summed E-state index contributed by atoms with van der Waals surface area (Å²) in [4.78, 5) is 57.2. The number of fused-ring (bicyclic) bond motifs is 1. The number of nitrogens with two attached hydrogens (primary N) is 1. The van der Waals surface area contributed by atoms with E-state index in [0.717, 1.165) is 16.2 Å². The van der Waals surface area contributed by atoms with Gasteiger partial charge in [-0.2, -0.15) is 0 Å². The molecule has 3 rings (SSSR count). The normalized spacial score (nSPS) is 20.9. The number of carboxylic acids is 2. The van der Waals surface area contributed by atoms with Gasteiger partial charge in [0.15, 0.2) is 10.8 Å². The zero-order valence-corrected chi connectivity index (χ0v) is 16.7. The molecule has 14 heteroatoms. The number of nitrogen functional groups attached to an aromatic ring is 1. The van der Waals surface area contributed by atoms with Crippen molar-refractivity contribution in [1.82, 2.24) is 15.2 Å². The largest absolute Gasteiger partial charge is 0.479 e. The van der Waals surface area contributed by atoms with Gasteiger partial charge in [-0.25, -0.2) is 14.6 Å². The molecule has 30 heavy (non-hydrogen) atoms. The molecule has 1 aromatic heterocycles. The molecule has 0 radical (unpaired) electrons. The van der Waals surface area contributed by atoms with Crippen molar-refractivity contribution in [2.75, 3.05) is 18.1 Å². The Hall–Kier alpha value is -3.39. The van der Waals surface area contributed by atoms with Gasteiger partial charge < -0.3 is 26.1 Å². The van der Waals surface area contributed by atoms with Crippen LogP contribution in [0.1, 0.15) is 4.88 Å². The van der Waals surface area contributed by atoms with Crippen molar-refractivity contribution < 1.29 is 34.2 Å². The Kier molecular flexibility index (Phi) is 6.07. The lowest BCUT2D eigenvalue weighted by molar-refractivity contribution is -0.150. The Morgan fingerprint density at radius 1 is 1.47 bits per heavy atom.